The number of nitrogens with one attached hydrogen (secondary N) is 1. The van der Waals surface area contributed by atoms with Gasteiger partial charge < -0.3 is 15.2 Å². The van der Waals surface area contributed by atoms with E-state index in [1.807, 2.05) is 13.8 Å². The highest BCUT2D eigenvalue weighted by atomic mass is 19.1. The van der Waals surface area contributed by atoms with Crippen molar-refractivity contribution in [3.63, 3.8) is 0 Å². The molecular weight excluding hydrogens is 344 g/mol. The molecule has 1 amide bonds. The normalized spacial score (nSPS) is 13.1. The van der Waals surface area contributed by atoms with E-state index in [4.69, 9.17) is 4.74 Å². The molecule has 0 aromatic heterocycles. The first-order chi connectivity index (χ1) is 12.0. The molecule has 1 unspecified atom stereocenters. The Hall–Kier alpha value is -2.02. The molecule has 0 aliphatic carbocycles. The van der Waals surface area contributed by atoms with E-state index in [1.54, 1.807) is 27.7 Å². The van der Waals surface area contributed by atoms with Gasteiger partial charge in [0.1, 0.15) is 29.1 Å². The summed E-state index contributed by atoms with van der Waals surface area (Å²) in [5.41, 5.74) is -1.11. The van der Waals surface area contributed by atoms with Gasteiger partial charge in [0.15, 0.2) is 0 Å². The van der Waals surface area contributed by atoms with Gasteiger partial charge in [-0.3, -0.25) is 4.79 Å². The zero-order valence-corrected chi connectivity index (χ0v) is 16.2. The van der Waals surface area contributed by atoms with Gasteiger partial charge in [-0.05, 0) is 39.0 Å². The topological polar surface area (TPSA) is 75.6 Å². The van der Waals surface area contributed by atoms with Gasteiger partial charge in [0.2, 0.25) is 0 Å². The molecule has 0 saturated heterocycles. The molecule has 2 N–H and O–H groups in total. The maximum absolute atomic E-state index is 13.9. The molecule has 0 aliphatic heterocycles. The Morgan fingerprint density at radius 3 is 2.31 bits per heavy atom. The van der Waals surface area contributed by atoms with E-state index in [9.17, 15) is 23.5 Å². The fourth-order valence-electron chi connectivity index (χ4n) is 2.05. The lowest BCUT2D eigenvalue weighted by Gasteiger charge is -2.26. The third-order valence-electron chi connectivity index (χ3n) is 3.20. The van der Waals surface area contributed by atoms with Crippen molar-refractivity contribution >= 4 is 11.9 Å². The highest BCUT2D eigenvalue weighted by Crippen LogP contribution is 2.24. The van der Waals surface area contributed by atoms with E-state index in [1.165, 1.54) is 0 Å². The molecular formula is C19H29F2NO4. The summed E-state index contributed by atoms with van der Waals surface area (Å²) in [6, 6.07) is 1.49. The van der Waals surface area contributed by atoms with E-state index in [2.05, 4.69) is 5.32 Å². The number of Topliss-reactive ketones (excluding diaryl/α,β-unsaturated/α-hetero) is 1. The molecule has 0 radical (unpaired) electrons. The Morgan fingerprint density at radius 2 is 1.81 bits per heavy atom. The van der Waals surface area contributed by atoms with Gasteiger partial charge in [0.25, 0.3) is 0 Å². The van der Waals surface area contributed by atoms with Crippen molar-refractivity contribution < 1.29 is 28.2 Å². The van der Waals surface area contributed by atoms with Crippen LogP contribution in [0.5, 0.6) is 0 Å². The molecule has 1 rings (SSSR count). The van der Waals surface area contributed by atoms with Crippen LogP contribution in [-0.2, 0) is 9.53 Å². The smallest absolute Gasteiger partial charge is 0.407 e. The van der Waals surface area contributed by atoms with Crippen LogP contribution in [0.25, 0.3) is 0 Å². The molecule has 2 atom stereocenters. The lowest BCUT2D eigenvalue weighted by atomic mass is 9.96. The first-order valence-corrected chi connectivity index (χ1v) is 8.67. The lowest BCUT2D eigenvalue weighted by molar-refractivity contribution is -0.119. The summed E-state index contributed by atoms with van der Waals surface area (Å²) >= 11 is 0. The van der Waals surface area contributed by atoms with Crippen molar-refractivity contribution in [3.05, 3.63) is 35.4 Å². The number of aliphatic hydroxyl groups excluding tert-OH is 1. The zero-order chi connectivity index (χ0) is 20.5. The van der Waals surface area contributed by atoms with Crippen molar-refractivity contribution in [2.45, 2.75) is 72.1 Å². The summed E-state index contributed by atoms with van der Waals surface area (Å²) in [5, 5.41) is 12.7. The second-order valence-corrected chi connectivity index (χ2v) is 6.46. The van der Waals surface area contributed by atoms with Crippen LogP contribution in [0.15, 0.2) is 18.2 Å². The molecule has 0 spiro atoms. The summed E-state index contributed by atoms with van der Waals surface area (Å²) in [6.45, 7) is 10.6. The summed E-state index contributed by atoms with van der Waals surface area (Å²) in [4.78, 5) is 23.6. The summed E-state index contributed by atoms with van der Waals surface area (Å²) < 4.78 is 32.3. The van der Waals surface area contributed by atoms with Gasteiger partial charge in [-0.2, -0.15) is 0 Å². The highest BCUT2D eigenvalue weighted by Gasteiger charge is 2.29. The predicted molar refractivity (Wildman–Crippen MR) is 95.7 cm³/mol. The van der Waals surface area contributed by atoms with E-state index < -0.39 is 35.5 Å². The Bertz CT molecular complexity index is 600. The van der Waals surface area contributed by atoms with E-state index in [0.717, 1.165) is 18.2 Å². The Labute approximate surface area is 153 Å². The minimum Gasteiger partial charge on any atom is -0.444 e. The van der Waals surface area contributed by atoms with Gasteiger partial charge in [0.05, 0.1) is 6.04 Å². The predicted octanol–water partition coefficient (Wildman–Crippen LogP) is 4.29. The van der Waals surface area contributed by atoms with Crippen molar-refractivity contribution in [2.24, 2.45) is 0 Å². The van der Waals surface area contributed by atoms with Crippen molar-refractivity contribution in [3.8, 4) is 0 Å². The van der Waals surface area contributed by atoms with Crippen molar-refractivity contribution in [1.29, 1.82) is 0 Å². The summed E-state index contributed by atoms with van der Waals surface area (Å²) in [5.74, 6) is -1.81. The number of benzene rings is 1. The molecule has 26 heavy (non-hydrogen) atoms. The average molecular weight is 373 g/mol. The number of alkyl carbamates (subject to hydrolysis) is 1. The van der Waals surface area contributed by atoms with Crippen molar-refractivity contribution in [2.75, 3.05) is 0 Å². The fourth-order valence-corrected chi connectivity index (χ4v) is 2.05. The number of amides is 1. The van der Waals surface area contributed by atoms with Crippen molar-refractivity contribution in [1.82, 2.24) is 5.32 Å². The number of hydrogen-bond donors (Lipinski definition) is 2. The second-order valence-electron chi connectivity index (χ2n) is 6.46. The monoisotopic (exact) mass is 373 g/mol. The highest BCUT2D eigenvalue weighted by molar-refractivity contribution is 5.79. The third kappa shape index (κ3) is 8.38. The van der Waals surface area contributed by atoms with Crippen LogP contribution in [0.1, 0.15) is 66.1 Å². The van der Waals surface area contributed by atoms with E-state index in [0.29, 0.717) is 0 Å². The van der Waals surface area contributed by atoms with Crippen LogP contribution < -0.4 is 5.32 Å². The number of rotatable bonds is 6. The van der Waals surface area contributed by atoms with Crippen LogP contribution in [0, 0.1) is 11.6 Å². The lowest BCUT2D eigenvalue weighted by Crippen LogP contribution is -2.43. The molecule has 0 heterocycles. The zero-order valence-electron chi connectivity index (χ0n) is 16.2. The molecule has 0 aliphatic rings. The second kappa shape index (κ2) is 10.9. The van der Waals surface area contributed by atoms with Gasteiger partial charge in [-0.1, -0.05) is 20.8 Å². The Balaban J connectivity index is 0.00000301. The molecule has 148 valence electrons. The van der Waals surface area contributed by atoms with Crippen LogP contribution in [0.2, 0.25) is 0 Å². The molecule has 5 nitrogen and oxygen atoms in total. The summed E-state index contributed by atoms with van der Waals surface area (Å²) in [7, 11) is 0. The van der Waals surface area contributed by atoms with Gasteiger partial charge in [-0.15, -0.1) is 0 Å². The quantitative estimate of drug-likeness (QED) is 0.780. The maximum Gasteiger partial charge on any atom is 0.407 e. The minimum atomic E-state index is -1.59. The molecule has 7 heteroatoms. The van der Waals surface area contributed by atoms with E-state index in [-0.39, 0.29) is 24.2 Å². The first kappa shape index (κ1) is 24.0. The SMILES string of the molecule is CC.CCC(=O)CC(NC(=O)OC(C)(C)C)[C@H](O)c1cc(F)ccc1F. The largest absolute Gasteiger partial charge is 0.444 e. The number of aliphatic hydroxyl groups is 1. The number of ether oxygens (including phenoxy) is 1. The number of ketones is 1. The van der Waals surface area contributed by atoms with Crippen LogP contribution in [0.3, 0.4) is 0 Å². The van der Waals surface area contributed by atoms with E-state index >= 15 is 0 Å². The van der Waals surface area contributed by atoms with Crippen LogP contribution in [0.4, 0.5) is 13.6 Å². The number of hydrogen-bond acceptors (Lipinski definition) is 4. The molecule has 0 bridgehead atoms. The first-order valence-electron chi connectivity index (χ1n) is 8.67. The molecule has 1 aromatic carbocycles. The Kier molecular flexibility index (Phi) is 10.0. The molecule has 0 saturated carbocycles. The van der Waals surface area contributed by atoms with Gasteiger partial charge in [-0.25, -0.2) is 13.6 Å². The number of halogens is 2. The van der Waals surface area contributed by atoms with Gasteiger partial charge in [0, 0.05) is 18.4 Å². The summed E-state index contributed by atoms with van der Waals surface area (Å²) in [6.07, 6.45) is -2.49. The van der Waals surface area contributed by atoms with Crippen LogP contribution >= 0.6 is 0 Å². The molecule has 0 fully saturated rings. The number of carbonyl (C=O) groups excluding carboxylic acids is 2. The number of carbonyl (C=O) groups is 2. The average Bonchev–Trinajstić information content (AvgIpc) is 2.55. The van der Waals surface area contributed by atoms with Crippen LogP contribution in [-0.4, -0.2) is 28.6 Å². The third-order valence-corrected chi connectivity index (χ3v) is 3.20. The standard InChI is InChI=1S/C17H23F2NO4.C2H6/c1-5-11(21)9-14(20-16(23)24-17(2,3)4)15(22)12-8-10(18)6-7-13(12)19;1-2/h6-8,14-15,22H,5,9H2,1-4H3,(H,20,23);1-2H3/t14?,15-;/m1./s1. The Morgan fingerprint density at radius 1 is 1.23 bits per heavy atom. The van der Waals surface area contributed by atoms with Gasteiger partial charge >= 0.3 is 6.09 Å². The maximum atomic E-state index is 13.9. The minimum absolute atomic E-state index is 0.185. The molecule has 1 aromatic rings. The fraction of sp³-hybridized carbons (Fsp3) is 0.579.